The summed E-state index contributed by atoms with van der Waals surface area (Å²) >= 11 is 0. The average molecular weight is 275 g/mol. The summed E-state index contributed by atoms with van der Waals surface area (Å²) in [7, 11) is 1.48. The summed E-state index contributed by atoms with van der Waals surface area (Å²) in [6.07, 6.45) is 0.595. The number of rotatable bonds is 4. The fourth-order valence-electron chi connectivity index (χ4n) is 1.69. The van der Waals surface area contributed by atoms with Gasteiger partial charge in [-0.05, 0) is 30.2 Å². The Balaban J connectivity index is 1.90. The highest BCUT2D eigenvalue weighted by Gasteiger charge is 2.07. The molecule has 1 N–H and O–H groups in total. The van der Waals surface area contributed by atoms with Gasteiger partial charge in [0.05, 0.1) is 0 Å². The lowest BCUT2D eigenvalue weighted by Crippen LogP contribution is -2.29. The number of hydrogen-bond acceptors (Lipinski definition) is 3. The summed E-state index contributed by atoms with van der Waals surface area (Å²) in [5.74, 6) is -0.630. The first-order valence-corrected chi connectivity index (χ1v) is 6.13. The minimum atomic E-state index is -0.345. The van der Waals surface area contributed by atoms with Crippen LogP contribution in [0.15, 0.2) is 41.2 Å². The van der Waals surface area contributed by atoms with E-state index in [1.165, 1.54) is 31.3 Å². The van der Waals surface area contributed by atoms with Crippen molar-refractivity contribution in [1.82, 2.24) is 15.1 Å². The molecule has 2 rings (SSSR count). The molecule has 0 aliphatic heterocycles. The van der Waals surface area contributed by atoms with Gasteiger partial charge >= 0.3 is 0 Å². The summed E-state index contributed by atoms with van der Waals surface area (Å²) in [5.41, 5.74) is 0.846. The number of benzene rings is 1. The lowest BCUT2D eigenvalue weighted by atomic mass is 10.1. The van der Waals surface area contributed by atoms with E-state index in [-0.39, 0.29) is 23.0 Å². The Kier molecular flexibility index (Phi) is 4.24. The molecule has 104 valence electrons. The predicted octanol–water partition coefficient (Wildman–Crippen LogP) is 0.892. The number of nitrogens with zero attached hydrogens (tertiary/aromatic N) is 2. The summed E-state index contributed by atoms with van der Waals surface area (Å²) in [5, 5.41) is 6.55. The minimum absolute atomic E-state index is 0.186. The van der Waals surface area contributed by atoms with Gasteiger partial charge in [-0.3, -0.25) is 9.59 Å². The number of carbonyl (C=O) groups excluding carboxylic acids is 1. The number of halogens is 1. The molecule has 0 saturated carbocycles. The molecular weight excluding hydrogens is 261 g/mol. The molecule has 2 aromatic rings. The first-order valence-electron chi connectivity index (χ1n) is 6.13. The highest BCUT2D eigenvalue weighted by molar-refractivity contribution is 5.91. The van der Waals surface area contributed by atoms with Crippen LogP contribution in [0.3, 0.4) is 0 Å². The quantitative estimate of drug-likeness (QED) is 0.901. The molecule has 0 bridgehead atoms. The van der Waals surface area contributed by atoms with Gasteiger partial charge in [0.2, 0.25) is 0 Å². The van der Waals surface area contributed by atoms with E-state index in [9.17, 15) is 14.0 Å². The van der Waals surface area contributed by atoms with E-state index < -0.39 is 0 Å². The smallest absolute Gasteiger partial charge is 0.271 e. The first-order chi connectivity index (χ1) is 9.56. The highest BCUT2D eigenvalue weighted by Crippen LogP contribution is 2.02. The van der Waals surface area contributed by atoms with Crippen LogP contribution in [0.1, 0.15) is 16.1 Å². The maximum absolute atomic E-state index is 12.7. The van der Waals surface area contributed by atoms with Crippen LogP contribution in [-0.4, -0.2) is 22.2 Å². The Morgan fingerprint density at radius 1 is 1.25 bits per heavy atom. The number of aryl methyl sites for hydroxylation is 1. The van der Waals surface area contributed by atoms with Crippen LogP contribution in [0.2, 0.25) is 0 Å². The largest absolute Gasteiger partial charge is 0.350 e. The lowest BCUT2D eigenvalue weighted by molar-refractivity contribution is 0.0947. The van der Waals surface area contributed by atoms with Crippen LogP contribution in [0.4, 0.5) is 4.39 Å². The second-order valence-electron chi connectivity index (χ2n) is 4.31. The van der Waals surface area contributed by atoms with Crippen LogP contribution < -0.4 is 10.9 Å². The number of aromatic nitrogens is 2. The Labute approximate surface area is 115 Å². The Morgan fingerprint density at radius 3 is 2.60 bits per heavy atom. The molecule has 0 radical (unpaired) electrons. The molecule has 6 heteroatoms. The van der Waals surface area contributed by atoms with Gasteiger partial charge in [-0.15, -0.1) is 0 Å². The van der Waals surface area contributed by atoms with Gasteiger partial charge in [-0.2, -0.15) is 5.10 Å². The van der Waals surface area contributed by atoms with E-state index in [1.807, 2.05) is 0 Å². The van der Waals surface area contributed by atoms with Crippen LogP contribution in [-0.2, 0) is 13.5 Å². The SMILES string of the molecule is Cn1nc(C(=O)NCCc2ccc(F)cc2)ccc1=O. The van der Waals surface area contributed by atoms with Gasteiger partial charge in [0.25, 0.3) is 11.5 Å². The summed E-state index contributed by atoms with van der Waals surface area (Å²) < 4.78 is 13.8. The fourth-order valence-corrected chi connectivity index (χ4v) is 1.69. The second kappa shape index (κ2) is 6.10. The molecular formula is C14H14FN3O2. The Hall–Kier alpha value is -2.50. The minimum Gasteiger partial charge on any atom is -0.350 e. The third kappa shape index (κ3) is 3.50. The molecule has 5 nitrogen and oxygen atoms in total. The molecule has 1 amide bonds. The van der Waals surface area contributed by atoms with Crippen molar-refractivity contribution in [2.45, 2.75) is 6.42 Å². The summed E-state index contributed by atoms with van der Waals surface area (Å²) in [6.45, 7) is 0.412. The highest BCUT2D eigenvalue weighted by atomic mass is 19.1. The zero-order valence-corrected chi connectivity index (χ0v) is 11.0. The van der Waals surface area contributed by atoms with Crippen LogP contribution in [0.25, 0.3) is 0 Å². The lowest BCUT2D eigenvalue weighted by Gasteiger charge is -2.05. The molecule has 0 spiro atoms. The third-order valence-corrected chi connectivity index (χ3v) is 2.81. The van der Waals surface area contributed by atoms with Crippen molar-refractivity contribution in [1.29, 1.82) is 0 Å². The van der Waals surface area contributed by atoms with Crippen LogP contribution in [0, 0.1) is 5.82 Å². The van der Waals surface area contributed by atoms with E-state index >= 15 is 0 Å². The second-order valence-corrected chi connectivity index (χ2v) is 4.31. The Bertz CT molecular complexity index is 665. The van der Waals surface area contributed by atoms with Crippen molar-refractivity contribution in [3.8, 4) is 0 Å². The van der Waals surface area contributed by atoms with E-state index in [0.717, 1.165) is 10.2 Å². The van der Waals surface area contributed by atoms with Crippen LogP contribution >= 0.6 is 0 Å². The monoisotopic (exact) mass is 275 g/mol. The van der Waals surface area contributed by atoms with Gasteiger partial charge in [-0.1, -0.05) is 12.1 Å². The van der Waals surface area contributed by atoms with E-state index in [1.54, 1.807) is 12.1 Å². The summed E-state index contributed by atoms with van der Waals surface area (Å²) in [4.78, 5) is 23.0. The number of nitrogens with one attached hydrogen (secondary N) is 1. The van der Waals surface area contributed by atoms with Crippen molar-refractivity contribution in [3.63, 3.8) is 0 Å². The molecule has 1 heterocycles. The van der Waals surface area contributed by atoms with Gasteiger partial charge in [0, 0.05) is 19.7 Å². The summed E-state index contributed by atoms with van der Waals surface area (Å²) in [6, 6.07) is 8.78. The molecule has 1 aromatic carbocycles. The van der Waals surface area contributed by atoms with Crippen molar-refractivity contribution >= 4 is 5.91 Å². The maximum Gasteiger partial charge on any atom is 0.271 e. The molecule has 20 heavy (non-hydrogen) atoms. The predicted molar refractivity (Wildman–Crippen MR) is 71.9 cm³/mol. The molecule has 1 aromatic heterocycles. The van der Waals surface area contributed by atoms with Gasteiger partial charge in [0.15, 0.2) is 0 Å². The Morgan fingerprint density at radius 2 is 1.95 bits per heavy atom. The third-order valence-electron chi connectivity index (χ3n) is 2.81. The van der Waals surface area contributed by atoms with E-state index in [0.29, 0.717) is 13.0 Å². The zero-order valence-electron chi connectivity index (χ0n) is 11.0. The van der Waals surface area contributed by atoms with E-state index in [2.05, 4.69) is 10.4 Å². The van der Waals surface area contributed by atoms with Gasteiger partial charge in [-0.25, -0.2) is 9.07 Å². The number of carbonyl (C=O) groups is 1. The topological polar surface area (TPSA) is 64.0 Å². The van der Waals surface area contributed by atoms with Crippen molar-refractivity contribution in [2.24, 2.45) is 7.05 Å². The standard InChI is InChI=1S/C14H14FN3O2/c1-18-13(19)7-6-12(17-18)14(20)16-9-8-10-2-4-11(15)5-3-10/h2-7H,8-9H2,1H3,(H,16,20). The molecule has 0 atom stereocenters. The molecule has 0 saturated heterocycles. The van der Waals surface area contributed by atoms with Crippen molar-refractivity contribution < 1.29 is 9.18 Å². The van der Waals surface area contributed by atoms with E-state index in [4.69, 9.17) is 0 Å². The molecule has 0 aliphatic rings. The zero-order chi connectivity index (χ0) is 14.5. The van der Waals surface area contributed by atoms with Gasteiger partial charge < -0.3 is 5.32 Å². The molecule has 0 unspecified atom stereocenters. The normalized spacial score (nSPS) is 10.3. The number of amides is 1. The molecule has 0 aliphatic carbocycles. The molecule has 0 fully saturated rings. The maximum atomic E-state index is 12.7. The first kappa shape index (κ1) is 13.9. The van der Waals surface area contributed by atoms with Crippen molar-refractivity contribution in [3.05, 3.63) is 63.8 Å². The van der Waals surface area contributed by atoms with Gasteiger partial charge in [0.1, 0.15) is 11.5 Å². The van der Waals surface area contributed by atoms with Crippen molar-refractivity contribution in [2.75, 3.05) is 6.54 Å². The van der Waals surface area contributed by atoms with Crippen LogP contribution in [0.5, 0.6) is 0 Å². The fraction of sp³-hybridized carbons (Fsp3) is 0.214. The average Bonchev–Trinajstić information content (AvgIpc) is 2.44. The number of hydrogen-bond donors (Lipinski definition) is 1.